The third kappa shape index (κ3) is 6.95. The highest BCUT2D eigenvalue weighted by Crippen LogP contribution is 2.55. The molecule has 8 heteroatoms. The normalized spacial score (nSPS) is 18.8. The van der Waals surface area contributed by atoms with E-state index in [1.807, 2.05) is 61.5 Å². The second-order valence-electron chi connectivity index (χ2n) is 14.8. The quantitative estimate of drug-likeness (QED) is 0.232. The van der Waals surface area contributed by atoms with Crippen molar-refractivity contribution in [2.24, 2.45) is 10.8 Å². The number of anilines is 1. The fraction of sp³-hybridized carbons (Fsp3) is 0.375. The van der Waals surface area contributed by atoms with Crippen molar-refractivity contribution in [2.75, 3.05) is 19.0 Å². The lowest BCUT2D eigenvalue weighted by atomic mass is 9.63. The first-order chi connectivity index (χ1) is 22.7. The second kappa shape index (κ2) is 13.2. The van der Waals surface area contributed by atoms with Crippen LogP contribution >= 0.6 is 22.6 Å². The Labute approximate surface area is 296 Å². The Bertz CT molecular complexity index is 1800. The zero-order chi connectivity index (χ0) is 34.4. The monoisotopic (exact) mass is 758 g/mol. The summed E-state index contributed by atoms with van der Waals surface area (Å²) in [6.07, 6.45) is 2.28. The Morgan fingerprint density at radius 3 is 2.08 bits per heavy atom. The molecule has 0 saturated heterocycles. The number of carbonyl (C=O) groups excluding carboxylic acids is 3. The molecule has 250 valence electrons. The van der Waals surface area contributed by atoms with E-state index in [9.17, 15) is 14.4 Å². The van der Waals surface area contributed by atoms with Crippen LogP contribution < -0.4 is 14.8 Å². The van der Waals surface area contributed by atoms with Crippen molar-refractivity contribution in [1.29, 1.82) is 0 Å². The van der Waals surface area contributed by atoms with Crippen molar-refractivity contribution in [3.8, 4) is 11.5 Å². The van der Waals surface area contributed by atoms with E-state index in [1.165, 1.54) is 0 Å². The number of ketones is 2. The molecule has 3 aliphatic rings. The molecule has 3 aromatic carbocycles. The molecule has 0 saturated carbocycles. The van der Waals surface area contributed by atoms with Gasteiger partial charge in [0, 0.05) is 53.5 Å². The molecule has 2 aliphatic carbocycles. The van der Waals surface area contributed by atoms with Crippen molar-refractivity contribution in [3.05, 3.63) is 110 Å². The lowest BCUT2D eigenvalue weighted by molar-refractivity contribution is -0.120. The third-order valence-electron chi connectivity index (χ3n) is 9.44. The van der Waals surface area contributed by atoms with E-state index in [0.717, 1.165) is 44.5 Å². The van der Waals surface area contributed by atoms with Gasteiger partial charge < -0.3 is 19.7 Å². The molecule has 7 nitrogen and oxygen atoms in total. The van der Waals surface area contributed by atoms with Crippen LogP contribution in [0.2, 0.25) is 0 Å². The van der Waals surface area contributed by atoms with Crippen LogP contribution in [-0.4, -0.2) is 36.1 Å². The summed E-state index contributed by atoms with van der Waals surface area (Å²) in [7, 11) is 1.56. The molecule has 1 aliphatic heterocycles. The highest BCUT2D eigenvalue weighted by atomic mass is 127. The van der Waals surface area contributed by atoms with Crippen LogP contribution in [0.15, 0.2) is 89.3 Å². The molecule has 0 radical (unpaired) electrons. The number of allylic oxidation sites excluding steroid dienone is 4. The maximum atomic E-state index is 14.3. The lowest BCUT2D eigenvalue weighted by Crippen LogP contribution is -2.44. The molecular formula is C40H43IN2O5. The average Bonchev–Trinajstić information content (AvgIpc) is 3.00. The summed E-state index contributed by atoms with van der Waals surface area (Å²) in [5, 5.41) is 2.88. The number of ether oxygens (including phenoxy) is 2. The molecule has 3 aromatic rings. The van der Waals surface area contributed by atoms with Crippen molar-refractivity contribution >= 4 is 45.8 Å². The van der Waals surface area contributed by atoms with Gasteiger partial charge in [-0.25, -0.2) is 0 Å². The lowest BCUT2D eigenvalue weighted by Gasteiger charge is -2.49. The first kappa shape index (κ1) is 34.0. The number of benzene rings is 3. The number of hydrogen-bond donors (Lipinski definition) is 1. The van der Waals surface area contributed by atoms with Crippen molar-refractivity contribution in [1.82, 2.24) is 4.90 Å². The molecule has 48 heavy (non-hydrogen) atoms. The predicted octanol–water partition coefficient (Wildman–Crippen LogP) is 8.51. The van der Waals surface area contributed by atoms with Crippen LogP contribution in [0.1, 0.15) is 76.0 Å². The topological polar surface area (TPSA) is 84.9 Å². The van der Waals surface area contributed by atoms with Crippen LogP contribution in [0, 0.1) is 21.3 Å². The highest BCUT2D eigenvalue weighted by molar-refractivity contribution is 14.1. The maximum Gasteiger partial charge on any atom is 0.262 e. The summed E-state index contributed by atoms with van der Waals surface area (Å²) >= 11 is 2.19. The Hall–Kier alpha value is -3.92. The van der Waals surface area contributed by atoms with E-state index in [1.54, 1.807) is 7.11 Å². The number of nitrogens with one attached hydrogen (secondary N) is 1. The van der Waals surface area contributed by atoms with Gasteiger partial charge in [0.05, 0.1) is 10.7 Å². The van der Waals surface area contributed by atoms with E-state index < -0.39 is 5.92 Å². The molecular weight excluding hydrogens is 715 g/mol. The largest absolute Gasteiger partial charge is 0.493 e. The number of amides is 1. The Morgan fingerprint density at radius 2 is 1.50 bits per heavy atom. The van der Waals surface area contributed by atoms with Gasteiger partial charge in [0.15, 0.2) is 29.7 Å². The van der Waals surface area contributed by atoms with Gasteiger partial charge in [-0.3, -0.25) is 14.4 Å². The zero-order valence-electron chi connectivity index (χ0n) is 28.5. The number of aryl methyl sites for hydroxylation is 1. The van der Waals surface area contributed by atoms with Crippen LogP contribution in [0.3, 0.4) is 0 Å². The summed E-state index contributed by atoms with van der Waals surface area (Å²) in [4.78, 5) is 43.6. The maximum absolute atomic E-state index is 14.3. The van der Waals surface area contributed by atoms with Crippen molar-refractivity contribution in [3.63, 3.8) is 0 Å². The van der Waals surface area contributed by atoms with E-state index >= 15 is 0 Å². The Morgan fingerprint density at radius 1 is 0.875 bits per heavy atom. The zero-order valence-corrected chi connectivity index (χ0v) is 30.7. The SMILES string of the molecule is COc1cc(C2C3=C(CC(C)(C)CC3=O)N(Cc3ccccc3)C3=C2C(=O)CC(C)(C)C3)cc(I)c1OCC(=O)Nc1cccc(C)c1. The molecule has 1 heterocycles. The number of nitrogens with zero attached hydrogens (tertiary/aromatic N) is 1. The Balaban J connectivity index is 1.43. The molecule has 1 N–H and O–H groups in total. The molecule has 6 rings (SSSR count). The van der Waals surface area contributed by atoms with Gasteiger partial charge in [0.2, 0.25) is 0 Å². The minimum absolute atomic E-state index is 0.0793. The van der Waals surface area contributed by atoms with Gasteiger partial charge in [-0.15, -0.1) is 0 Å². The number of carbonyl (C=O) groups is 3. The first-order valence-corrected chi connectivity index (χ1v) is 17.5. The second-order valence-corrected chi connectivity index (χ2v) is 16.0. The van der Waals surface area contributed by atoms with E-state index in [2.05, 4.69) is 72.6 Å². The first-order valence-electron chi connectivity index (χ1n) is 16.5. The summed E-state index contributed by atoms with van der Waals surface area (Å²) < 4.78 is 12.6. The van der Waals surface area contributed by atoms with Crippen LogP contribution in [-0.2, 0) is 20.9 Å². The average molecular weight is 759 g/mol. The van der Waals surface area contributed by atoms with Crippen LogP contribution in [0.5, 0.6) is 11.5 Å². The molecule has 0 fully saturated rings. The predicted molar refractivity (Wildman–Crippen MR) is 196 cm³/mol. The number of Topliss-reactive ketones (excluding diaryl/α,β-unsaturated/α-hetero) is 2. The molecule has 0 unspecified atom stereocenters. The van der Waals surface area contributed by atoms with Crippen molar-refractivity contribution < 1.29 is 23.9 Å². The van der Waals surface area contributed by atoms with Gasteiger partial charge >= 0.3 is 0 Å². The smallest absolute Gasteiger partial charge is 0.262 e. The minimum Gasteiger partial charge on any atom is -0.493 e. The summed E-state index contributed by atoms with van der Waals surface area (Å²) in [6, 6.07) is 21.7. The number of hydrogen-bond acceptors (Lipinski definition) is 6. The fourth-order valence-electron chi connectivity index (χ4n) is 7.44. The molecule has 1 amide bonds. The van der Waals surface area contributed by atoms with E-state index in [0.29, 0.717) is 47.7 Å². The third-order valence-corrected chi connectivity index (χ3v) is 10.2. The summed E-state index contributed by atoms with van der Waals surface area (Å²) in [5.74, 6) is 0.243. The van der Waals surface area contributed by atoms with Crippen LogP contribution in [0.4, 0.5) is 5.69 Å². The fourth-order valence-corrected chi connectivity index (χ4v) is 8.22. The van der Waals surface area contributed by atoms with Gasteiger partial charge in [-0.05, 0) is 94.1 Å². The van der Waals surface area contributed by atoms with Gasteiger partial charge in [-0.1, -0.05) is 70.2 Å². The number of rotatable bonds is 8. The van der Waals surface area contributed by atoms with Gasteiger partial charge in [0.25, 0.3) is 5.91 Å². The van der Waals surface area contributed by atoms with Gasteiger partial charge in [-0.2, -0.15) is 0 Å². The summed E-state index contributed by atoms with van der Waals surface area (Å²) in [5.41, 5.74) is 6.69. The van der Waals surface area contributed by atoms with E-state index in [-0.39, 0.29) is 34.9 Å². The number of halogens is 1. The highest BCUT2D eigenvalue weighted by Gasteiger charge is 2.49. The molecule has 0 spiro atoms. The minimum atomic E-state index is -0.518. The Kier molecular flexibility index (Phi) is 9.32. The molecule has 0 bridgehead atoms. The molecule has 0 atom stereocenters. The van der Waals surface area contributed by atoms with Crippen LogP contribution in [0.25, 0.3) is 0 Å². The standard InChI is InChI=1S/C40H43IN2O5/c1-24-11-10-14-27(15-24)42-34(46)23-48-38-28(41)16-26(17-33(38)47-6)35-36-29(18-39(2,3)20-31(36)44)43(22-25-12-8-7-9-13-25)30-19-40(4,5)21-32(45)37(30)35/h7-17,35H,18-23H2,1-6H3,(H,42,46). The van der Waals surface area contributed by atoms with Gasteiger partial charge in [0.1, 0.15) is 0 Å². The molecule has 0 aromatic heterocycles. The van der Waals surface area contributed by atoms with Crippen molar-refractivity contribution in [2.45, 2.75) is 72.8 Å². The number of methoxy groups -OCH3 is 1. The van der Waals surface area contributed by atoms with E-state index in [4.69, 9.17) is 9.47 Å². The summed E-state index contributed by atoms with van der Waals surface area (Å²) in [6.45, 7) is 11.0.